The summed E-state index contributed by atoms with van der Waals surface area (Å²) in [5.74, 6) is 1.66. The monoisotopic (exact) mass is 233 g/mol. The van der Waals surface area contributed by atoms with Crippen molar-refractivity contribution < 1.29 is 9.47 Å². The molecule has 1 heterocycles. The largest absolute Gasteiger partial charge is 0.490 e. The first kappa shape index (κ1) is 12.0. The van der Waals surface area contributed by atoms with Crippen LogP contribution in [0.3, 0.4) is 0 Å². The Morgan fingerprint density at radius 2 is 2.00 bits per heavy atom. The number of fused-ring (bicyclic) bond motifs is 1. The first-order valence-corrected chi connectivity index (χ1v) is 6.00. The summed E-state index contributed by atoms with van der Waals surface area (Å²) in [5.41, 5.74) is 8.08. The highest BCUT2D eigenvalue weighted by molar-refractivity contribution is 5.58. The lowest BCUT2D eigenvalue weighted by Gasteiger charge is -2.09. The van der Waals surface area contributed by atoms with Gasteiger partial charge in [0, 0.05) is 12.5 Å². The zero-order valence-corrected chi connectivity index (χ0v) is 10.4. The molecule has 0 bridgehead atoms. The van der Waals surface area contributed by atoms with Crippen LogP contribution in [0, 0.1) is 0 Å². The van der Waals surface area contributed by atoms with Gasteiger partial charge in [0.2, 0.25) is 0 Å². The number of rotatable bonds is 2. The molecule has 0 saturated heterocycles. The summed E-state index contributed by atoms with van der Waals surface area (Å²) in [6, 6.07) is 6.07. The fraction of sp³-hybridized carbons (Fsp3) is 0.429. The molecular weight excluding hydrogens is 214 g/mol. The van der Waals surface area contributed by atoms with Crippen LogP contribution in [0.5, 0.6) is 11.5 Å². The molecule has 1 aliphatic rings. The Morgan fingerprint density at radius 3 is 2.71 bits per heavy atom. The Balaban J connectivity index is 2.26. The molecule has 2 rings (SSSR count). The zero-order chi connectivity index (χ0) is 12.3. The Kier molecular flexibility index (Phi) is 3.69. The minimum Gasteiger partial charge on any atom is -0.490 e. The second kappa shape index (κ2) is 5.23. The molecule has 2 N–H and O–H groups in total. The van der Waals surface area contributed by atoms with Crippen LogP contribution in [-0.2, 0) is 0 Å². The molecule has 1 aliphatic heterocycles. The molecule has 1 unspecified atom stereocenters. The highest BCUT2D eigenvalue weighted by Crippen LogP contribution is 2.31. The fourth-order valence-corrected chi connectivity index (χ4v) is 1.66. The predicted octanol–water partition coefficient (Wildman–Crippen LogP) is 2.60. The van der Waals surface area contributed by atoms with Gasteiger partial charge in [-0.2, -0.15) is 0 Å². The van der Waals surface area contributed by atoms with Crippen molar-refractivity contribution in [1.82, 2.24) is 0 Å². The normalized spacial score (nSPS) is 17.5. The Hall–Kier alpha value is -1.48. The number of hydrogen-bond donors (Lipinski definition) is 1. The third-order valence-corrected chi connectivity index (χ3v) is 2.88. The van der Waals surface area contributed by atoms with Gasteiger partial charge < -0.3 is 15.2 Å². The molecule has 3 heteroatoms. The topological polar surface area (TPSA) is 44.5 Å². The predicted molar refractivity (Wildman–Crippen MR) is 69.3 cm³/mol. The van der Waals surface area contributed by atoms with E-state index in [4.69, 9.17) is 15.2 Å². The van der Waals surface area contributed by atoms with Gasteiger partial charge in [0.05, 0.1) is 13.2 Å². The van der Waals surface area contributed by atoms with Crippen LogP contribution < -0.4 is 15.2 Å². The number of nitrogens with two attached hydrogens (primary N) is 1. The fourth-order valence-electron chi connectivity index (χ4n) is 1.66. The molecule has 92 valence electrons. The molecule has 1 aromatic rings. The minimum atomic E-state index is 0.0750. The van der Waals surface area contributed by atoms with Gasteiger partial charge in [-0.15, -0.1) is 0 Å². The highest BCUT2D eigenvalue weighted by atomic mass is 16.5. The molecular formula is C14H19NO2. The van der Waals surface area contributed by atoms with Gasteiger partial charge in [-0.1, -0.05) is 17.7 Å². The summed E-state index contributed by atoms with van der Waals surface area (Å²) in [6.45, 7) is 5.45. The molecule has 0 spiro atoms. The molecule has 3 nitrogen and oxygen atoms in total. The second-order valence-corrected chi connectivity index (χ2v) is 4.43. The standard InChI is InChI=1S/C14H19NO2/c1-10(11(2)15)8-12-4-5-13-14(9-12)17-7-3-6-16-13/h4-5,8-9,11H,3,6-7,15H2,1-2H3/b10-8+. The maximum absolute atomic E-state index is 5.82. The van der Waals surface area contributed by atoms with Crippen molar-refractivity contribution in [2.45, 2.75) is 26.3 Å². The molecule has 1 aromatic carbocycles. The van der Waals surface area contributed by atoms with Crippen LogP contribution in [0.25, 0.3) is 6.08 Å². The highest BCUT2D eigenvalue weighted by Gasteiger charge is 2.10. The van der Waals surface area contributed by atoms with Crippen LogP contribution >= 0.6 is 0 Å². The van der Waals surface area contributed by atoms with Crippen molar-refractivity contribution in [3.8, 4) is 11.5 Å². The van der Waals surface area contributed by atoms with Gasteiger partial charge in [-0.05, 0) is 31.5 Å². The maximum atomic E-state index is 5.82. The Morgan fingerprint density at radius 1 is 1.29 bits per heavy atom. The van der Waals surface area contributed by atoms with E-state index in [1.165, 1.54) is 0 Å². The SMILES string of the molecule is C/C(=C\c1ccc2c(c1)OCCCO2)C(C)N. The van der Waals surface area contributed by atoms with E-state index >= 15 is 0 Å². The summed E-state index contributed by atoms with van der Waals surface area (Å²) in [7, 11) is 0. The summed E-state index contributed by atoms with van der Waals surface area (Å²) in [4.78, 5) is 0. The molecule has 0 amide bonds. The van der Waals surface area contributed by atoms with Crippen LogP contribution in [0.4, 0.5) is 0 Å². The quantitative estimate of drug-likeness (QED) is 0.854. The lowest BCUT2D eigenvalue weighted by molar-refractivity contribution is 0.297. The van der Waals surface area contributed by atoms with Gasteiger partial charge in [-0.3, -0.25) is 0 Å². The van der Waals surface area contributed by atoms with E-state index in [2.05, 4.69) is 6.08 Å². The van der Waals surface area contributed by atoms with Crippen molar-refractivity contribution in [2.75, 3.05) is 13.2 Å². The number of hydrogen-bond acceptors (Lipinski definition) is 3. The summed E-state index contributed by atoms with van der Waals surface area (Å²) < 4.78 is 11.2. The van der Waals surface area contributed by atoms with E-state index in [1.807, 2.05) is 32.0 Å². The van der Waals surface area contributed by atoms with Crippen molar-refractivity contribution in [3.63, 3.8) is 0 Å². The van der Waals surface area contributed by atoms with Gasteiger partial charge in [0.1, 0.15) is 0 Å². The first-order chi connectivity index (χ1) is 8.16. The van der Waals surface area contributed by atoms with Gasteiger partial charge in [-0.25, -0.2) is 0 Å². The minimum absolute atomic E-state index is 0.0750. The number of ether oxygens (including phenoxy) is 2. The van der Waals surface area contributed by atoms with E-state index in [-0.39, 0.29) is 6.04 Å². The van der Waals surface area contributed by atoms with Crippen molar-refractivity contribution in [1.29, 1.82) is 0 Å². The molecule has 0 radical (unpaired) electrons. The molecule has 0 fully saturated rings. The smallest absolute Gasteiger partial charge is 0.161 e. The zero-order valence-electron chi connectivity index (χ0n) is 10.4. The maximum Gasteiger partial charge on any atom is 0.161 e. The van der Waals surface area contributed by atoms with E-state index in [0.717, 1.165) is 35.7 Å². The van der Waals surface area contributed by atoms with E-state index < -0.39 is 0 Å². The van der Waals surface area contributed by atoms with Gasteiger partial charge >= 0.3 is 0 Å². The Bertz CT molecular complexity index is 424. The van der Waals surface area contributed by atoms with E-state index in [1.54, 1.807) is 0 Å². The second-order valence-electron chi connectivity index (χ2n) is 4.43. The van der Waals surface area contributed by atoms with E-state index in [9.17, 15) is 0 Å². The van der Waals surface area contributed by atoms with Gasteiger partial charge in [0.25, 0.3) is 0 Å². The van der Waals surface area contributed by atoms with Crippen LogP contribution in [0.15, 0.2) is 23.8 Å². The lowest BCUT2D eigenvalue weighted by Crippen LogP contribution is -2.15. The third-order valence-electron chi connectivity index (χ3n) is 2.88. The molecule has 0 aliphatic carbocycles. The molecule has 0 aromatic heterocycles. The summed E-state index contributed by atoms with van der Waals surface area (Å²) >= 11 is 0. The van der Waals surface area contributed by atoms with Crippen molar-refractivity contribution >= 4 is 6.08 Å². The van der Waals surface area contributed by atoms with Crippen LogP contribution in [-0.4, -0.2) is 19.3 Å². The average Bonchev–Trinajstić information content (AvgIpc) is 2.53. The molecule has 17 heavy (non-hydrogen) atoms. The summed E-state index contributed by atoms with van der Waals surface area (Å²) in [6.07, 6.45) is 3.01. The van der Waals surface area contributed by atoms with Crippen molar-refractivity contribution in [3.05, 3.63) is 29.3 Å². The van der Waals surface area contributed by atoms with Crippen molar-refractivity contribution in [2.24, 2.45) is 5.73 Å². The third kappa shape index (κ3) is 3.01. The first-order valence-electron chi connectivity index (χ1n) is 6.00. The van der Waals surface area contributed by atoms with Crippen LogP contribution in [0.2, 0.25) is 0 Å². The Labute approximate surface area is 102 Å². The average molecular weight is 233 g/mol. The van der Waals surface area contributed by atoms with Crippen LogP contribution in [0.1, 0.15) is 25.8 Å². The number of benzene rings is 1. The lowest BCUT2D eigenvalue weighted by atomic mass is 10.1. The van der Waals surface area contributed by atoms with Gasteiger partial charge in [0.15, 0.2) is 11.5 Å². The summed E-state index contributed by atoms with van der Waals surface area (Å²) in [5, 5.41) is 0. The van der Waals surface area contributed by atoms with E-state index in [0.29, 0.717) is 6.61 Å². The molecule has 1 atom stereocenters. The molecule has 0 saturated carbocycles.